The highest BCUT2D eigenvalue weighted by Gasteiger charge is 2.21. The molecule has 1 aliphatic heterocycles. The average molecular weight is 258 g/mol. The van der Waals surface area contributed by atoms with E-state index < -0.39 is 0 Å². The summed E-state index contributed by atoms with van der Waals surface area (Å²) in [4.78, 5) is 0. The van der Waals surface area contributed by atoms with Crippen LogP contribution in [0.5, 0.6) is 0 Å². The first-order valence-corrected chi connectivity index (χ1v) is 6.06. The van der Waals surface area contributed by atoms with Crippen molar-refractivity contribution < 1.29 is 8.78 Å². The van der Waals surface area contributed by atoms with Crippen molar-refractivity contribution in [3.05, 3.63) is 71.3 Å². The molecule has 2 nitrogen and oxygen atoms in total. The molecule has 1 heterocycles. The average Bonchev–Trinajstić information content (AvgIpc) is 2.90. The zero-order valence-electron chi connectivity index (χ0n) is 10.1. The molecule has 1 unspecified atom stereocenters. The lowest BCUT2D eigenvalue weighted by atomic mass is 9.99. The van der Waals surface area contributed by atoms with E-state index in [2.05, 4.69) is 10.5 Å². The Bertz CT molecular complexity index is 603. The normalized spacial score (nSPS) is 18.0. The van der Waals surface area contributed by atoms with E-state index in [-0.39, 0.29) is 17.7 Å². The summed E-state index contributed by atoms with van der Waals surface area (Å²) in [7, 11) is 0. The summed E-state index contributed by atoms with van der Waals surface area (Å²) in [5, 5.41) is 4.27. The van der Waals surface area contributed by atoms with Gasteiger partial charge in [-0.25, -0.2) is 8.78 Å². The number of nitrogens with one attached hydrogen (secondary N) is 1. The fourth-order valence-electron chi connectivity index (χ4n) is 2.15. The summed E-state index contributed by atoms with van der Waals surface area (Å²) >= 11 is 0. The Morgan fingerprint density at radius 3 is 2.11 bits per heavy atom. The molecule has 0 amide bonds. The van der Waals surface area contributed by atoms with E-state index in [9.17, 15) is 8.78 Å². The predicted octanol–water partition coefficient (Wildman–Crippen LogP) is 3.40. The molecule has 0 radical (unpaired) electrons. The molecule has 0 fully saturated rings. The number of hydrogen-bond donors (Lipinski definition) is 1. The van der Waals surface area contributed by atoms with Crippen molar-refractivity contribution in [3.63, 3.8) is 0 Å². The van der Waals surface area contributed by atoms with Crippen molar-refractivity contribution in [1.29, 1.82) is 0 Å². The Morgan fingerprint density at radius 1 is 0.895 bits per heavy atom. The van der Waals surface area contributed by atoms with Crippen molar-refractivity contribution in [3.8, 4) is 0 Å². The van der Waals surface area contributed by atoms with Crippen LogP contribution < -0.4 is 5.43 Å². The van der Waals surface area contributed by atoms with Gasteiger partial charge in [0, 0.05) is 6.42 Å². The van der Waals surface area contributed by atoms with Gasteiger partial charge in [-0.2, -0.15) is 5.10 Å². The third-order valence-electron chi connectivity index (χ3n) is 3.20. The standard InChI is InChI=1S/C15H12F2N2/c16-12-5-1-10(2-6-12)14-9-15(19-18-14)11-3-7-13(17)8-4-11/h1-8,14,18H,9H2. The summed E-state index contributed by atoms with van der Waals surface area (Å²) in [5.74, 6) is -0.508. The molecule has 1 aliphatic rings. The summed E-state index contributed by atoms with van der Waals surface area (Å²) < 4.78 is 25.7. The molecule has 0 aromatic heterocycles. The molecular formula is C15H12F2N2. The number of nitrogens with zero attached hydrogens (tertiary/aromatic N) is 1. The number of hydrogen-bond acceptors (Lipinski definition) is 2. The van der Waals surface area contributed by atoms with Crippen LogP contribution >= 0.6 is 0 Å². The van der Waals surface area contributed by atoms with Gasteiger partial charge in [0.1, 0.15) is 11.6 Å². The first-order valence-electron chi connectivity index (χ1n) is 6.06. The van der Waals surface area contributed by atoms with Crippen LogP contribution in [-0.4, -0.2) is 5.71 Å². The van der Waals surface area contributed by atoms with Crippen molar-refractivity contribution in [2.75, 3.05) is 0 Å². The maximum atomic E-state index is 12.9. The zero-order chi connectivity index (χ0) is 13.2. The topological polar surface area (TPSA) is 24.4 Å². The first-order chi connectivity index (χ1) is 9.22. The van der Waals surface area contributed by atoms with E-state index in [1.807, 2.05) is 0 Å². The Kier molecular flexibility index (Phi) is 2.99. The Hall–Kier alpha value is -2.23. The van der Waals surface area contributed by atoms with Gasteiger partial charge in [0.15, 0.2) is 0 Å². The highest BCUT2D eigenvalue weighted by Crippen LogP contribution is 2.24. The summed E-state index contributed by atoms with van der Waals surface area (Å²) in [6.07, 6.45) is 0.706. The van der Waals surface area contributed by atoms with Crippen molar-refractivity contribution >= 4 is 5.71 Å². The van der Waals surface area contributed by atoms with Gasteiger partial charge in [-0.1, -0.05) is 24.3 Å². The summed E-state index contributed by atoms with van der Waals surface area (Å²) in [6, 6.07) is 12.7. The van der Waals surface area contributed by atoms with Crippen LogP contribution in [0.15, 0.2) is 53.6 Å². The van der Waals surface area contributed by atoms with Gasteiger partial charge in [0.25, 0.3) is 0 Å². The van der Waals surface area contributed by atoms with Gasteiger partial charge in [0.2, 0.25) is 0 Å². The SMILES string of the molecule is Fc1ccc(C2=NNC(c3ccc(F)cc3)C2)cc1. The number of benzene rings is 2. The fraction of sp³-hybridized carbons (Fsp3) is 0.133. The van der Waals surface area contributed by atoms with E-state index in [1.165, 1.54) is 24.3 Å². The lowest BCUT2D eigenvalue weighted by Crippen LogP contribution is -2.09. The van der Waals surface area contributed by atoms with Crippen LogP contribution in [0.3, 0.4) is 0 Å². The van der Waals surface area contributed by atoms with Crippen LogP contribution in [0, 0.1) is 11.6 Å². The maximum absolute atomic E-state index is 12.9. The van der Waals surface area contributed by atoms with Crippen LogP contribution in [0.4, 0.5) is 8.78 Å². The molecule has 1 atom stereocenters. The number of hydrazone groups is 1. The minimum atomic E-state index is -0.259. The fourth-order valence-corrected chi connectivity index (χ4v) is 2.15. The molecule has 0 bridgehead atoms. The van der Waals surface area contributed by atoms with Gasteiger partial charge in [-0.3, -0.25) is 0 Å². The molecule has 0 aliphatic carbocycles. The molecule has 3 rings (SSSR count). The quantitative estimate of drug-likeness (QED) is 0.877. The second-order valence-electron chi connectivity index (χ2n) is 4.50. The molecule has 2 aromatic rings. The van der Waals surface area contributed by atoms with Crippen molar-refractivity contribution in [2.24, 2.45) is 5.10 Å². The molecular weight excluding hydrogens is 246 g/mol. The number of halogens is 2. The molecule has 1 N–H and O–H groups in total. The molecule has 0 saturated heterocycles. The third kappa shape index (κ3) is 2.47. The van der Waals surface area contributed by atoms with Crippen molar-refractivity contribution in [1.82, 2.24) is 5.43 Å². The summed E-state index contributed by atoms with van der Waals surface area (Å²) in [6.45, 7) is 0. The van der Waals surface area contributed by atoms with Crippen LogP contribution in [0.25, 0.3) is 0 Å². The molecule has 0 spiro atoms. The minimum absolute atomic E-state index is 0.0423. The highest BCUT2D eigenvalue weighted by atomic mass is 19.1. The first kappa shape index (κ1) is 11.8. The molecule has 19 heavy (non-hydrogen) atoms. The number of rotatable bonds is 2. The van der Waals surface area contributed by atoms with Gasteiger partial charge >= 0.3 is 0 Å². The van der Waals surface area contributed by atoms with E-state index in [1.54, 1.807) is 24.3 Å². The van der Waals surface area contributed by atoms with Gasteiger partial charge in [-0.15, -0.1) is 0 Å². The predicted molar refractivity (Wildman–Crippen MR) is 69.8 cm³/mol. The van der Waals surface area contributed by atoms with Crippen molar-refractivity contribution in [2.45, 2.75) is 12.5 Å². The van der Waals surface area contributed by atoms with Crippen LogP contribution in [0.1, 0.15) is 23.6 Å². The van der Waals surface area contributed by atoms with Gasteiger partial charge in [0.05, 0.1) is 11.8 Å². The monoisotopic (exact) mass is 258 g/mol. The van der Waals surface area contributed by atoms with Gasteiger partial charge < -0.3 is 5.43 Å². The lowest BCUT2D eigenvalue weighted by Gasteiger charge is -2.09. The largest absolute Gasteiger partial charge is 0.302 e. The maximum Gasteiger partial charge on any atom is 0.123 e. The minimum Gasteiger partial charge on any atom is -0.302 e. The molecule has 0 saturated carbocycles. The van der Waals surface area contributed by atoms with Crippen LogP contribution in [0.2, 0.25) is 0 Å². The highest BCUT2D eigenvalue weighted by molar-refractivity contribution is 6.01. The molecule has 2 aromatic carbocycles. The van der Waals surface area contributed by atoms with E-state index in [0.717, 1.165) is 16.8 Å². The van der Waals surface area contributed by atoms with E-state index >= 15 is 0 Å². The van der Waals surface area contributed by atoms with E-state index in [0.29, 0.717) is 6.42 Å². The zero-order valence-corrected chi connectivity index (χ0v) is 10.1. The third-order valence-corrected chi connectivity index (χ3v) is 3.20. The second-order valence-corrected chi connectivity index (χ2v) is 4.50. The van der Waals surface area contributed by atoms with Gasteiger partial charge in [-0.05, 0) is 35.4 Å². The molecule has 96 valence electrons. The van der Waals surface area contributed by atoms with Crippen LogP contribution in [-0.2, 0) is 0 Å². The molecule has 4 heteroatoms. The van der Waals surface area contributed by atoms with E-state index in [4.69, 9.17) is 0 Å². The summed E-state index contributed by atoms with van der Waals surface area (Å²) in [5.41, 5.74) is 5.80. The lowest BCUT2D eigenvalue weighted by molar-refractivity contribution is 0.607. The second kappa shape index (κ2) is 4.80. The Labute approximate surface area is 109 Å². The smallest absolute Gasteiger partial charge is 0.123 e. The Balaban J connectivity index is 1.76. The Morgan fingerprint density at radius 2 is 1.47 bits per heavy atom.